The second-order valence-electron chi connectivity index (χ2n) is 5.71. The molecular weight excluding hydrogens is 218 g/mol. The van der Waals surface area contributed by atoms with E-state index in [1.165, 1.54) is 4.90 Å². The quantitative estimate of drug-likeness (QED) is 0.743. The molecule has 0 aromatic rings. The molecule has 1 aliphatic heterocycles. The van der Waals surface area contributed by atoms with E-state index in [1.807, 2.05) is 27.7 Å². The monoisotopic (exact) mass is 241 g/mol. The van der Waals surface area contributed by atoms with Crippen molar-refractivity contribution in [1.82, 2.24) is 4.90 Å². The normalized spacial score (nSPS) is 27.1. The Hall–Kier alpha value is -0.900. The Morgan fingerprint density at radius 2 is 2.00 bits per heavy atom. The van der Waals surface area contributed by atoms with Crippen molar-refractivity contribution in [2.45, 2.75) is 53.1 Å². The summed E-state index contributed by atoms with van der Waals surface area (Å²) in [4.78, 5) is 25.3. The lowest BCUT2D eigenvalue weighted by Crippen LogP contribution is -2.39. The first-order valence-corrected chi connectivity index (χ1v) is 6.33. The summed E-state index contributed by atoms with van der Waals surface area (Å²) in [5.74, 6) is 0.113. The van der Waals surface area contributed by atoms with E-state index in [-0.39, 0.29) is 24.8 Å². The third-order valence-corrected chi connectivity index (χ3v) is 3.33. The summed E-state index contributed by atoms with van der Waals surface area (Å²) in [5, 5.41) is 9.56. The highest BCUT2D eigenvalue weighted by atomic mass is 16.3. The third kappa shape index (κ3) is 3.06. The third-order valence-electron chi connectivity index (χ3n) is 3.33. The maximum absolute atomic E-state index is 12.2. The fraction of sp³-hybridized carbons (Fsp3) is 0.846. The van der Waals surface area contributed by atoms with Crippen molar-refractivity contribution in [2.75, 3.05) is 6.54 Å². The first-order chi connectivity index (χ1) is 7.80. The lowest BCUT2D eigenvalue weighted by molar-refractivity contribution is -0.143. The molecule has 0 saturated carbocycles. The zero-order valence-corrected chi connectivity index (χ0v) is 11.2. The molecule has 0 radical (unpaired) electrons. The SMILES string of the molecule is CC[C@H](O)CN1C(=O)C[C@@](C)(CC(C)C)C1=O. The van der Waals surface area contributed by atoms with Gasteiger partial charge in [-0.05, 0) is 18.8 Å². The Labute approximate surface area is 103 Å². The highest BCUT2D eigenvalue weighted by Crippen LogP contribution is 2.38. The van der Waals surface area contributed by atoms with Crippen molar-refractivity contribution < 1.29 is 14.7 Å². The molecule has 0 aromatic heterocycles. The van der Waals surface area contributed by atoms with Crippen LogP contribution >= 0.6 is 0 Å². The molecule has 0 bridgehead atoms. The van der Waals surface area contributed by atoms with Crippen LogP contribution in [0.25, 0.3) is 0 Å². The molecule has 2 amide bonds. The van der Waals surface area contributed by atoms with E-state index in [0.717, 1.165) is 6.42 Å². The fourth-order valence-corrected chi connectivity index (χ4v) is 2.53. The minimum absolute atomic E-state index is 0.122. The lowest BCUT2D eigenvalue weighted by Gasteiger charge is -2.24. The minimum Gasteiger partial charge on any atom is -0.391 e. The first-order valence-electron chi connectivity index (χ1n) is 6.33. The van der Waals surface area contributed by atoms with Gasteiger partial charge in [-0.3, -0.25) is 14.5 Å². The van der Waals surface area contributed by atoms with Gasteiger partial charge in [0.15, 0.2) is 0 Å². The second kappa shape index (κ2) is 5.17. The van der Waals surface area contributed by atoms with Gasteiger partial charge in [0.25, 0.3) is 0 Å². The molecule has 0 spiro atoms. The summed E-state index contributed by atoms with van der Waals surface area (Å²) in [6.07, 6.45) is 0.943. The van der Waals surface area contributed by atoms with Crippen LogP contribution in [0.3, 0.4) is 0 Å². The summed E-state index contributed by atoms with van der Waals surface area (Å²) in [7, 11) is 0. The van der Waals surface area contributed by atoms with E-state index < -0.39 is 11.5 Å². The molecule has 1 saturated heterocycles. The summed E-state index contributed by atoms with van der Waals surface area (Å²) in [6.45, 7) is 7.93. The number of aliphatic hydroxyl groups excluding tert-OH is 1. The maximum atomic E-state index is 12.2. The van der Waals surface area contributed by atoms with Crippen LogP contribution in [-0.2, 0) is 9.59 Å². The Morgan fingerprint density at radius 3 is 2.47 bits per heavy atom. The van der Waals surface area contributed by atoms with E-state index in [9.17, 15) is 14.7 Å². The van der Waals surface area contributed by atoms with Gasteiger partial charge in [-0.25, -0.2) is 0 Å². The minimum atomic E-state index is -0.607. The van der Waals surface area contributed by atoms with Crippen LogP contribution < -0.4 is 0 Å². The molecule has 17 heavy (non-hydrogen) atoms. The van der Waals surface area contributed by atoms with Crippen LogP contribution in [0, 0.1) is 11.3 Å². The second-order valence-corrected chi connectivity index (χ2v) is 5.71. The van der Waals surface area contributed by atoms with Crippen molar-refractivity contribution in [2.24, 2.45) is 11.3 Å². The number of rotatable bonds is 5. The average Bonchev–Trinajstić information content (AvgIpc) is 2.40. The van der Waals surface area contributed by atoms with E-state index in [0.29, 0.717) is 12.3 Å². The van der Waals surface area contributed by atoms with Gasteiger partial charge in [-0.2, -0.15) is 0 Å². The van der Waals surface area contributed by atoms with Crippen LogP contribution in [0.4, 0.5) is 0 Å². The summed E-state index contributed by atoms with van der Waals surface area (Å²) >= 11 is 0. The van der Waals surface area contributed by atoms with Crippen molar-refractivity contribution in [3.63, 3.8) is 0 Å². The van der Waals surface area contributed by atoms with Gasteiger partial charge in [0.05, 0.1) is 18.1 Å². The zero-order valence-electron chi connectivity index (χ0n) is 11.2. The number of carbonyl (C=O) groups excluding carboxylic acids is 2. The molecule has 0 unspecified atom stereocenters. The van der Waals surface area contributed by atoms with Crippen LogP contribution in [0.1, 0.15) is 47.0 Å². The number of imide groups is 1. The summed E-state index contributed by atoms with van der Waals surface area (Å²) in [6, 6.07) is 0. The van der Waals surface area contributed by atoms with Crippen LogP contribution in [0.15, 0.2) is 0 Å². The maximum Gasteiger partial charge on any atom is 0.235 e. The van der Waals surface area contributed by atoms with Crippen molar-refractivity contribution >= 4 is 11.8 Å². The molecule has 1 rings (SSSR count). The molecule has 0 aromatic carbocycles. The largest absolute Gasteiger partial charge is 0.391 e. The number of hydrogen-bond acceptors (Lipinski definition) is 3. The van der Waals surface area contributed by atoms with Crippen molar-refractivity contribution in [1.29, 1.82) is 0 Å². The molecule has 1 aliphatic rings. The molecule has 4 nitrogen and oxygen atoms in total. The molecule has 1 heterocycles. The molecular formula is C13H23NO3. The Morgan fingerprint density at radius 1 is 1.41 bits per heavy atom. The van der Waals surface area contributed by atoms with E-state index >= 15 is 0 Å². The van der Waals surface area contributed by atoms with Gasteiger partial charge < -0.3 is 5.11 Å². The van der Waals surface area contributed by atoms with E-state index in [1.54, 1.807) is 0 Å². The van der Waals surface area contributed by atoms with E-state index in [2.05, 4.69) is 0 Å². The lowest BCUT2D eigenvalue weighted by atomic mass is 9.80. The van der Waals surface area contributed by atoms with Crippen molar-refractivity contribution in [3.8, 4) is 0 Å². The number of nitrogens with zero attached hydrogens (tertiary/aromatic N) is 1. The highest BCUT2D eigenvalue weighted by molar-refractivity contribution is 6.05. The number of likely N-dealkylation sites (tertiary alicyclic amines) is 1. The van der Waals surface area contributed by atoms with Crippen LogP contribution in [-0.4, -0.2) is 34.5 Å². The summed E-state index contributed by atoms with van der Waals surface area (Å²) in [5.41, 5.74) is -0.571. The molecule has 98 valence electrons. The summed E-state index contributed by atoms with van der Waals surface area (Å²) < 4.78 is 0. The number of aliphatic hydroxyl groups is 1. The Kier molecular flexibility index (Phi) is 4.31. The van der Waals surface area contributed by atoms with Gasteiger partial charge in [-0.15, -0.1) is 0 Å². The fourth-order valence-electron chi connectivity index (χ4n) is 2.53. The average molecular weight is 241 g/mol. The molecule has 0 aliphatic carbocycles. The predicted octanol–water partition coefficient (Wildman–Crippen LogP) is 1.57. The molecule has 1 fully saturated rings. The topological polar surface area (TPSA) is 57.6 Å². The first kappa shape index (κ1) is 14.2. The van der Waals surface area contributed by atoms with Crippen LogP contribution in [0.5, 0.6) is 0 Å². The Balaban J connectivity index is 2.77. The molecule has 1 N–H and O–H groups in total. The number of amides is 2. The Bertz CT molecular complexity index is 314. The van der Waals surface area contributed by atoms with Crippen molar-refractivity contribution in [3.05, 3.63) is 0 Å². The number of β-amino-alcohol motifs (C(OH)–C–C–N with tert-alkyl or cyclic N) is 1. The van der Waals surface area contributed by atoms with Gasteiger partial charge >= 0.3 is 0 Å². The predicted molar refractivity (Wildman–Crippen MR) is 65.2 cm³/mol. The smallest absolute Gasteiger partial charge is 0.235 e. The van der Waals surface area contributed by atoms with Gasteiger partial charge in [0.2, 0.25) is 11.8 Å². The van der Waals surface area contributed by atoms with E-state index in [4.69, 9.17) is 0 Å². The molecule has 4 heteroatoms. The molecule has 2 atom stereocenters. The van der Waals surface area contributed by atoms with Gasteiger partial charge in [0.1, 0.15) is 0 Å². The van der Waals surface area contributed by atoms with Crippen LogP contribution in [0.2, 0.25) is 0 Å². The van der Waals surface area contributed by atoms with Gasteiger partial charge in [0, 0.05) is 6.42 Å². The highest BCUT2D eigenvalue weighted by Gasteiger charge is 2.48. The standard InChI is InChI=1S/C13H23NO3/c1-5-10(15)8-14-11(16)7-13(4,12(14)17)6-9(2)3/h9-10,15H,5-8H2,1-4H3/t10-,13+/m0/s1. The zero-order chi connectivity index (χ0) is 13.2. The number of hydrogen-bond donors (Lipinski definition) is 1. The van der Waals surface area contributed by atoms with Gasteiger partial charge in [-0.1, -0.05) is 27.7 Å². The number of carbonyl (C=O) groups is 2.